The van der Waals surface area contributed by atoms with Crippen molar-refractivity contribution >= 4 is 67.2 Å². The first kappa shape index (κ1) is 25.8. The van der Waals surface area contributed by atoms with Gasteiger partial charge in [0.15, 0.2) is 0 Å². The molecule has 0 N–H and O–H groups in total. The zero-order chi connectivity index (χ0) is 29.2. The van der Waals surface area contributed by atoms with Crippen LogP contribution in [0.15, 0.2) is 140 Å². The summed E-state index contributed by atoms with van der Waals surface area (Å²) in [4.78, 5) is 6.16. The van der Waals surface area contributed by atoms with Crippen molar-refractivity contribution in [3.05, 3.63) is 168 Å². The highest BCUT2D eigenvalue weighted by Gasteiger charge is 2.15. The lowest BCUT2D eigenvalue weighted by Crippen LogP contribution is -2.10. The van der Waals surface area contributed by atoms with Gasteiger partial charge in [-0.2, -0.15) is 5.26 Å². The van der Waals surface area contributed by atoms with Gasteiger partial charge >= 0.3 is 0 Å². The molecule has 0 spiro atoms. The van der Waals surface area contributed by atoms with Gasteiger partial charge in [0.05, 0.1) is 17.8 Å². The summed E-state index contributed by atoms with van der Waals surface area (Å²) in [6, 6.07) is 49.9. The van der Waals surface area contributed by atoms with E-state index in [4.69, 9.17) is 6.57 Å². The second kappa shape index (κ2) is 11.0. The fourth-order valence-electron chi connectivity index (χ4n) is 5.85. The summed E-state index contributed by atoms with van der Waals surface area (Å²) in [5, 5.41) is 15.6. The van der Waals surface area contributed by atoms with Crippen LogP contribution < -0.4 is 4.90 Å². The largest absolute Gasteiger partial charge is 0.310 e. The third-order valence-corrected chi connectivity index (χ3v) is 7.88. The van der Waals surface area contributed by atoms with Crippen molar-refractivity contribution in [1.29, 1.82) is 5.26 Å². The van der Waals surface area contributed by atoms with Crippen LogP contribution in [-0.2, 0) is 0 Å². The summed E-state index contributed by atoms with van der Waals surface area (Å²) < 4.78 is 0. The topological polar surface area (TPSA) is 31.4 Å². The number of para-hydroxylation sites is 1. The van der Waals surface area contributed by atoms with E-state index in [1.807, 2.05) is 48.5 Å². The number of rotatable bonds is 5. The maximum atomic E-state index is 9.93. The molecule has 200 valence electrons. The van der Waals surface area contributed by atoms with Gasteiger partial charge in [0.2, 0.25) is 5.69 Å². The molecule has 0 saturated heterocycles. The molecule has 43 heavy (non-hydrogen) atoms. The Hall–Kier alpha value is -6.16. The molecule has 3 heteroatoms. The molecule has 7 aromatic carbocycles. The second-order valence-electron chi connectivity index (χ2n) is 10.4. The molecule has 0 fully saturated rings. The predicted octanol–water partition coefficient (Wildman–Crippen LogP) is 11.2. The lowest BCUT2D eigenvalue weighted by Gasteiger charge is -2.27. The summed E-state index contributed by atoms with van der Waals surface area (Å²) in [5.74, 6) is 0. The molecule has 0 radical (unpaired) electrons. The van der Waals surface area contributed by atoms with Crippen molar-refractivity contribution in [2.75, 3.05) is 4.90 Å². The van der Waals surface area contributed by atoms with Gasteiger partial charge in [-0.25, -0.2) is 4.85 Å². The molecule has 0 aliphatic carbocycles. The minimum Gasteiger partial charge on any atom is -0.310 e. The third-order valence-electron chi connectivity index (χ3n) is 7.88. The molecule has 0 aliphatic heterocycles. The molecule has 7 rings (SSSR count). The highest BCUT2D eigenvalue weighted by molar-refractivity contribution is 6.15. The Labute approximate surface area is 250 Å². The lowest BCUT2D eigenvalue weighted by atomic mass is 9.94. The van der Waals surface area contributed by atoms with Crippen molar-refractivity contribution in [2.24, 2.45) is 0 Å². The quantitative estimate of drug-likeness (QED) is 0.122. The number of nitriles is 1. The smallest absolute Gasteiger partial charge is 0.202 e. The van der Waals surface area contributed by atoms with Gasteiger partial charge in [-0.15, -0.1) is 0 Å². The van der Waals surface area contributed by atoms with Gasteiger partial charge in [0, 0.05) is 16.8 Å². The normalized spacial score (nSPS) is 11.1. The van der Waals surface area contributed by atoms with E-state index < -0.39 is 0 Å². The van der Waals surface area contributed by atoms with Crippen LogP contribution in [0.5, 0.6) is 0 Å². The molecule has 3 nitrogen and oxygen atoms in total. The number of benzene rings is 7. The molecular weight excluding hydrogens is 522 g/mol. The van der Waals surface area contributed by atoms with Gasteiger partial charge in [-0.05, 0) is 68.4 Å². The molecule has 0 bridgehead atoms. The average molecular weight is 548 g/mol. The van der Waals surface area contributed by atoms with E-state index in [1.165, 1.54) is 10.8 Å². The second-order valence-corrected chi connectivity index (χ2v) is 10.4. The van der Waals surface area contributed by atoms with Crippen LogP contribution in [0.1, 0.15) is 16.7 Å². The molecule has 0 atom stereocenters. The number of nitrogens with zero attached hydrogens (tertiary/aromatic N) is 3. The van der Waals surface area contributed by atoms with E-state index in [-0.39, 0.29) is 0 Å². The lowest BCUT2D eigenvalue weighted by molar-refractivity contribution is 1.30. The maximum absolute atomic E-state index is 9.93. The zero-order valence-corrected chi connectivity index (χ0v) is 23.3. The maximum Gasteiger partial charge on any atom is 0.202 e. The Bertz CT molecular complexity index is 2240. The van der Waals surface area contributed by atoms with Crippen molar-refractivity contribution < 1.29 is 0 Å². The number of anilines is 3. The van der Waals surface area contributed by atoms with E-state index in [2.05, 4.69) is 119 Å². The Morgan fingerprint density at radius 2 is 1.16 bits per heavy atom. The Kier molecular flexibility index (Phi) is 6.61. The van der Waals surface area contributed by atoms with Gasteiger partial charge in [-0.3, -0.25) is 0 Å². The average Bonchev–Trinajstić information content (AvgIpc) is 3.07. The molecule has 0 heterocycles. The summed E-state index contributed by atoms with van der Waals surface area (Å²) in [6.45, 7) is 7.89. The van der Waals surface area contributed by atoms with Crippen LogP contribution in [0, 0.1) is 17.9 Å². The molecule has 0 aromatic heterocycles. The van der Waals surface area contributed by atoms with Crippen molar-refractivity contribution in [1.82, 2.24) is 0 Å². The van der Waals surface area contributed by atoms with Crippen LogP contribution >= 0.6 is 0 Å². The molecule has 0 amide bonds. The standard InChI is InChI=1S/C40H25N3/c1-42-40-36-16-8-7-15-34(36)38(27-41)35-25-22-29(26-37(35)40)19-18-28-20-23-32(24-21-28)43(31-12-3-2-4-13-31)39-17-9-11-30-10-5-6-14-33(30)39/h2-26H/b19-18+. The molecule has 0 saturated carbocycles. The van der Waals surface area contributed by atoms with E-state index in [0.717, 1.165) is 49.7 Å². The Morgan fingerprint density at radius 1 is 0.558 bits per heavy atom. The minimum absolute atomic E-state index is 0.582. The van der Waals surface area contributed by atoms with Gasteiger partial charge in [-0.1, -0.05) is 121 Å². The Balaban J connectivity index is 1.26. The van der Waals surface area contributed by atoms with Crippen molar-refractivity contribution in [3.63, 3.8) is 0 Å². The number of fused-ring (bicyclic) bond motifs is 3. The highest BCUT2D eigenvalue weighted by Crippen LogP contribution is 2.40. The van der Waals surface area contributed by atoms with Gasteiger partial charge in [0.1, 0.15) is 6.07 Å². The minimum atomic E-state index is 0.582. The van der Waals surface area contributed by atoms with Crippen LogP contribution in [0.3, 0.4) is 0 Å². The first-order valence-electron chi connectivity index (χ1n) is 14.1. The van der Waals surface area contributed by atoms with Crippen molar-refractivity contribution in [2.45, 2.75) is 0 Å². The number of hydrogen-bond donors (Lipinski definition) is 0. The summed E-state index contributed by atoms with van der Waals surface area (Å²) in [7, 11) is 0. The summed E-state index contributed by atoms with van der Waals surface area (Å²) >= 11 is 0. The Morgan fingerprint density at radius 3 is 1.93 bits per heavy atom. The first-order chi connectivity index (χ1) is 21.2. The SMILES string of the molecule is [C-]#[N+]c1c2ccccc2c(C#N)c2ccc(/C=C/c3ccc(N(c4ccccc4)c4cccc5ccccc45)cc3)cc12. The van der Waals surface area contributed by atoms with Gasteiger partial charge < -0.3 is 4.90 Å². The molecule has 0 unspecified atom stereocenters. The van der Waals surface area contributed by atoms with E-state index >= 15 is 0 Å². The first-order valence-corrected chi connectivity index (χ1v) is 14.1. The van der Waals surface area contributed by atoms with Crippen LogP contribution in [0.4, 0.5) is 22.7 Å². The van der Waals surface area contributed by atoms with E-state index in [9.17, 15) is 5.26 Å². The van der Waals surface area contributed by atoms with Crippen LogP contribution in [0.25, 0.3) is 49.3 Å². The van der Waals surface area contributed by atoms with Gasteiger partial charge in [0.25, 0.3) is 0 Å². The zero-order valence-electron chi connectivity index (χ0n) is 23.3. The summed E-state index contributed by atoms with van der Waals surface area (Å²) in [6.07, 6.45) is 4.14. The highest BCUT2D eigenvalue weighted by atomic mass is 15.1. The van der Waals surface area contributed by atoms with Crippen LogP contribution in [0.2, 0.25) is 0 Å². The fraction of sp³-hybridized carbons (Fsp3) is 0. The molecule has 0 aliphatic rings. The fourth-order valence-corrected chi connectivity index (χ4v) is 5.85. The van der Waals surface area contributed by atoms with Crippen molar-refractivity contribution in [3.8, 4) is 6.07 Å². The molecular formula is C40H25N3. The van der Waals surface area contributed by atoms with E-state index in [0.29, 0.717) is 11.3 Å². The molecule has 7 aromatic rings. The monoisotopic (exact) mass is 547 g/mol. The van der Waals surface area contributed by atoms with Crippen LogP contribution in [-0.4, -0.2) is 0 Å². The third kappa shape index (κ3) is 4.66. The summed E-state index contributed by atoms with van der Waals surface area (Å²) in [5.41, 5.74) is 6.53. The predicted molar refractivity (Wildman–Crippen MR) is 180 cm³/mol. The number of hydrogen-bond acceptors (Lipinski definition) is 2. The van der Waals surface area contributed by atoms with E-state index in [1.54, 1.807) is 0 Å².